The predicted octanol–water partition coefficient (Wildman–Crippen LogP) is 3.54. The molecule has 2 fully saturated rings. The molecule has 1 aliphatic heterocycles. The SMILES string of the molecule is CC(C)(C)C1CCC2(CC1)OCC(C(=O)O)N2C(=O)c1ccccc1. The minimum atomic E-state index is -1.00. The Morgan fingerprint density at radius 2 is 1.76 bits per heavy atom. The largest absolute Gasteiger partial charge is 0.480 e. The molecule has 0 radical (unpaired) electrons. The van der Waals surface area contributed by atoms with Gasteiger partial charge in [-0.1, -0.05) is 39.0 Å². The first-order valence-corrected chi connectivity index (χ1v) is 9.00. The first-order valence-electron chi connectivity index (χ1n) is 9.00. The second kappa shape index (κ2) is 6.45. The van der Waals surface area contributed by atoms with Crippen LogP contribution in [0.5, 0.6) is 0 Å². The summed E-state index contributed by atoms with van der Waals surface area (Å²) in [6.45, 7) is 6.77. The van der Waals surface area contributed by atoms with Crippen LogP contribution in [-0.2, 0) is 9.53 Å². The van der Waals surface area contributed by atoms with Gasteiger partial charge in [-0.15, -0.1) is 0 Å². The zero-order valence-corrected chi connectivity index (χ0v) is 15.2. The summed E-state index contributed by atoms with van der Waals surface area (Å²) in [5.41, 5.74) is -0.0603. The molecule has 1 atom stereocenters. The van der Waals surface area contributed by atoms with Crippen molar-refractivity contribution in [2.24, 2.45) is 11.3 Å². The summed E-state index contributed by atoms with van der Waals surface area (Å²) in [5.74, 6) is -0.696. The standard InChI is InChI=1S/C20H27NO4/c1-19(2,3)15-9-11-20(12-10-15)21(16(13-25-20)18(23)24)17(22)14-7-5-4-6-8-14/h4-8,15-16H,9-13H2,1-3H3,(H,23,24). The van der Waals surface area contributed by atoms with Crippen LogP contribution in [0.25, 0.3) is 0 Å². The highest BCUT2D eigenvalue weighted by Gasteiger charge is 2.54. The van der Waals surface area contributed by atoms with Crippen LogP contribution in [-0.4, -0.2) is 40.3 Å². The van der Waals surface area contributed by atoms with Crippen LogP contribution >= 0.6 is 0 Å². The Hall–Kier alpha value is -1.88. The van der Waals surface area contributed by atoms with Gasteiger partial charge in [0.2, 0.25) is 0 Å². The normalized spacial score (nSPS) is 29.8. The highest BCUT2D eigenvalue weighted by Crippen LogP contribution is 2.47. The second-order valence-corrected chi connectivity index (χ2v) is 8.29. The molecule has 5 heteroatoms. The number of hydrogen-bond acceptors (Lipinski definition) is 3. The van der Waals surface area contributed by atoms with E-state index < -0.39 is 17.7 Å². The van der Waals surface area contributed by atoms with E-state index in [1.165, 1.54) is 4.90 Å². The van der Waals surface area contributed by atoms with Crippen molar-refractivity contribution in [2.45, 2.75) is 58.2 Å². The molecule has 1 N–H and O–H groups in total. The average Bonchev–Trinajstić information content (AvgIpc) is 2.93. The van der Waals surface area contributed by atoms with Crippen LogP contribution in [0, 0.1) is 11.3 Å². The molecule has 5 nitrogen and oxygen atoms in total. The minimum absolute atomic E-state index is 0.0636. The fraction of sp³-hybridized carbons (Fsp3) is 0.600. The van der Waals surface area contributed by atoms with E-state index in [2.05, 4.69) is 20.8 Å². The Bertz CT molecular complexity index is 641. The zero-order chi connectivity index (χ0) is 18.2. The summed E-state index contributed by atoms with van der Waals surface area (Å²) >= 11 is 0. The monoisotopic (exact) mass is 345 g/mol. The van der Waals surface area contributed by atoms with E-state index in [-0.39, 0.29) is 17.9 Å². The number of hydrogen-bond donors (Lipinski definition) is 1. The van der Waals surface area contributed by atoms with Gasteiger partial charge >= 0.3 is 5.97 Å². The fourth-order valence-electron chi connectivity index (χ4n) is 4.21. The number of aliphatic carboxylic acids is 1. The van der Waals surface area contributed by atoms with Crippen LogP contribution in [0.2, 0.25) is 0 Å². The topological polar surface area (TPSA) is 66.8 Å². The lowest BCUT2D eigenvalue weighted by Gasteiger charge is -2.46. The molecule has 1 aromatic carbocycles. The van der Waals surface area contributed by atoms with Crippen molar-refractivity contribution < 1.29 is 19.4 Å². The first kappa shape index (κ1) is 17.9. The predicted molar refractivity (Wildman–Crippen MR) is 94.1 cm³/mol. The van der Waals surface area contributed by atoms with Crippen molar-refractivity contribution in [3.63, 3.8) is 0 Å². The highest BCUT2D eigenvalue weighted by atomic mass is 16.5. The molecule has 1 unspecified atom stereocenters. The van der Waals surface area contributed by atoms with Gasteiger partial charge in [0, 0.05) is 5.56 Å². The Morgan fingerprint density at radius 1 is 1.16 bits per heavy atom. The maximum atomic E-state index is 13.1. The van der Waals surface area contributed by atoms with E-state index in [1.54, 1.807) is 24.3 Å². The van der Waals surface area contributed by atoms with Crippen LogP contribution in [0.3, 0.4) is 0 Å². The maximum absolute atomic E-state index is 13.1. The molecular formula is C20H27NO4. The van der Waals surface area contributed by atoms with Crippen molar-refractivity contribution in [1.29, 1.82) is 0 Å². The van der Waals surface area contributed by atoms with Crippen molar-refractivity contribution in [3.05, 3.63) is 35.9 Å². The summed E-state index contributed by atoms with van der Waals surface area (Å²) in [5, 5.41) is 9.60. The molecule has 25 heavy (non-hydrogen) atoms. The van der Waals surface area contributed by atoms with Gasteiger partial charge in [0.1, 0.15) is 5.72 Å². The fourth-order valence-corrected chi connectivity index (χ4v) is 4.21. The highest BCUT2D eigenvalue weighted by molar-refractivity contribution is 5.97. The van der Waals surface area contributed by atoms with Crippen LogP contribution in [0.15, 0.2) is 30.3 Å². The number of carbonyl (C=O) groups is 2. The molecule has 1 aromatic rings. The molecule has 1 amide bonds. The van der Waals surface area contributed by atoms with Crippen molar-refractivity contribution in [2.75, 3.05) is 6.61 Å². The lowest BCUT2D eigenvalue weighted by molar-refractivity contribution is -0.144. The van der Waals surface area contributed by atoms with Crippen molar-refractivity contribution in [3.8, 4) is 0 Å². The van der Waals surface area contributed by atoms with Gasteiger partial charge < -0.3 is 9.84 Å². The molecule has 136 valence electrons. The Balaban J connectivity index is 1.88. The van der Waals surface area contributed by atoms with Gasteiger partial charge in [-0.25, -0.2) is 4.79 Å². The van der Waals surface area contributed by atoms with Gasteiger partial charge in [-0.3, -0.25) is 9.69 Å². The van der Waals surface area contributed by atoms with Gasteiger partial charge in [0.15, 0.2) is 6.04 Å². The maximum Gasteiger partial charge on any atom is 0.328 e. The third-order valence-electron chi connectivity index (χ3n) is 5.78. The molecular weight excluding hydrogens is 318 g/mol. The van der Waals surface area contributed by atoms with Gasteiger partial charge in [-0.2, -0.15) is 0 Å². The third kappa shape index (κ3) is 3.30. The van der Waals surface area contributed by atoms with Crippen molar-refractivity contribution in [1.82, 2.24) is 4.90 Å². The van der Waals surface area contributed by atoms with E-state index >= 15 is 0 Å². The third-order valence-corrected chi connectivity index (χ3v) is 5.78. The number of rotatable bonds is 2. The van der Waals surface area contributed by atoms with Gasteiger partial charge in [-0.05, 0) is 49.1 Å². The Morgan fingerprint density at radius 3 is 2.28 bits per heavy atom. The molecule has 0 bridgehead atoms. The number of carboxylic acid groups (broad SMARTS) is 1. The summed E-state index contributed by atoms with van der Waals surface area (Å²) in [7, 11) is 0. The van der Waals surface area contributed by atoms with E-state index in [4.69, 9.17) is 4.74 Å². The molecule has 0 aromatic heterocycles. The van der Waals surface area contributed by atoms with E-state index in [1.807, 2.05) is 6.07 Å². The second-order valence-electron chi connectivity index (χ2n) is 8.29. The zero-order valence-electron chi connectivity index (χ0n) is 15.2. The van der Waals surface area contributed by atoms with Crippen molar-refractivity contribution >= 4 is 11.9 Å². The number of ether oxygens (including phenoxy) is 1. The summed E-state index contributed by atoms with van der Waals surface area (Å²) < 4.78 is 6.00. The molecule has 1 saturated heterocycles. The number of nitrogens with zero attached hydrogens (tertiary/aromatic N) is 1. The summed E-state index contributed by atoms with van der Waals surface area (Å²) in [6.07, 6.45) is 3.26. The summed E-state index contributed by atoms with van der Waals surface area (Å²) in [6, 6.07) is 7.98. The lowest BCUT2D eigenvalue weighted by Crippen LogP contribution is -2.55. The average molecular weight is 345 g/mol. The van der Waals surface area contributed by atoms with E-state index in [0.717, 1.165) is 12.8 Å². The van der Waals surface area contributed by atoms with Gasteiger partial charge in [0.25, 0.3) is 5.91 Å². The molecule has 1 spiro atoms. The Kier molecular flexibility index (Phi) is 4.62. The minimum Gasteiger partial charge on any atom is -0.480 e. The van der Waals surface area contributed by atoms with E-state index in [9.17, 15) is 14.7 Å². The van der Waals surface area contributed by atoms with Crippen LogP contribution in [0.4, 0.5) is 0 Å². The van der Waals surface area contributed by atoms with E-state index in [0.29, 0.717) is 24.3 Å². The molecule has 2 aliphatic rings. The summed E-state index contributed by atoms with van der Waals surface area (Å²) in [4.78, 5) is 26.3. The molecule has 1 aliphatic carbocycles. The number of benzene rings is 1. The number of carbonyl (C=O) groups excluding carboxylic acids is 1. The lowest BCUT2D eigenvalue weighted by atomic mass is 9.70. The number of amides is 1. The quantitative estimate of drug-likeness (QED) is 0.890. The molecule has 1 heterocycles. The molecule has 1 saturated carbocycles. The molecule has 3 rings (SSSR count). The number of carboxylic acids is 1. The Labute approximate surface area is 149 Å². The first-order chi connectivity index (χ1) is 11.7. The van der Waals surface area contributed by atoms with Crippen LogP contribution in [0.1, 0.15) is 56.8 Å². The van der Waals surface area contributed by atoms with Gasteiger partial charge in [0.05, 0.1) is 6.61 Å². The smallest absolute Gasteiger partial charge is 0.328 e. The van der Waals surface area contributed by atoms with Crippen LogP contribution < -0.4 is 0 Å².